The van der Waals surface area contributed by atoms with Gasteiger partial charge in [-0.1, -0.05) is 94.6 Å². The molecule has 3 aromatic carbocycles. The van der Waals surface area contributed by atoms with Crippen molar-refractivity contribution in [2.24, 2.45) is 0 Å². The van der Waals surface area contributed by atoms with Gasteiger partial charge >= 0.3 is 47.0 Å². The van der Waals surface area contributed by atoms with Gasteiger partial charge < -0.3 is 4.55 Å². The molecular weight excluding hydrogens is 949 g/mol. The van der Waals surface area contributed by atoms with Gasteiger partial charge in [0.05, 0.1) is 0 Å². The van der Waals surface area contributed by atoms with E-state index in [9.17, 15) is 87.6 Å². The van der Waals surface area contributed by atoms with Crippen LogP contribution in [0.5, 0.6) is 0 Å². The van der Waals surface area contributed by atoms with Crippen LogP contribution in [0.2, 0.25) is 0 Å². The van der Waals surface area contributed by atoms with Crippen molar-refractivity contribution in [2.75, 3.05) is 0 Å². The van der Waals surface area contributed by atoms with Crippen LogP contribution in [0.1, 0.15) is 94.5 Å². The third-order valence-electron chi connectivity index (χ3n) is 9.06. The smallest absolute Gasteiger partial charge is 0.460 e. The van der Waals surface area contributed by atoms with Crippen molar-refractivity contribution in [2.45, 2.75) is 139 Å². The predicted octanol–water partition coefficient (Wildman–Crippen LogP) is 14.7. The van der Waals surface area contributed by atoms with Crippen LogP contribution in [0.3, 0.4) is 0 Å². The van der Waals surface area contributed by atoms with E-state index >= 15 is 13.2 Å². The molecule has 0 bridgehead atoms. The van der Waals surface area contributed by atoms with E-state index in [4.69, 9.17) is 0 Å². The van der Waals surface area contributed by atoms with Gasteiger partial charge in [-0.3, -0.25) is 0 Å². The maximum atomic E-state index is 15.4. The summed E-state index contributed by atoms with van der Waals surface area (Å²) in [5, 5.41) is -7.95. The molecule has 358 valence electrons. The monoisotopic (exact) mass is 984 g/mol. The number of hydrogen-bond acceptors (Lipinski definition) is 3. The van der Waals surface area contributed by atoms with Crippen molar-refractivity contribution in [1.82, 2.24) is 0 Å². The van der Waals surface area contributed by atoms with E-state index in [1.54, 1.807) is 0 Å². The molecule has 63 heavy (non-hydrogen) atoms. The second kappa shape index (κ2) is 19.9. The van der Waals surface area contributed by atoms with E-state index in [1.807, 2.05) is 93.6 Å². The van der Waals surface area contributed by atoms with Gasteiger partial charge in [0.1, 0.15) is 29.4 Å². The molecule has 0 heterocycles. The fraction of sp³-hybridized carbons (Fsp3) is 0.526. The van der Waals surface area contributed by atoms with Crippen LogP contribution in [0, 0.1) is 0 Å². The molecule has 0 aliphatic carbocycles. The first-order chi connectivity index (χ1) is 28.5. The molecule has 3 unspecified atom stereocenters. The van der Waals surface area contributed by atoms with Crippen LogP contribution < -0.4 is 0 Å². The Labute approximate surface area is 350 Å². The maximum Gasteiger partial charge on any atom is 0.460 e. The van der Waals surface area contributed by atoms with E-state index < -0.39 is 86.5 Å². The summed E-state index contributed by atoms with van der Waals surface area (Å²) in [6.07, 6.45) is -7.83. The molecule has 0 fully saturated rings. The van der Waals surface area contributed by atoms with Gasteiger partial charge in [-0.05, 0) is 37.5 Å². The van der Waals surface area contributed by atoms with Gasteiger partial charge in [-0.2, -0.15) is 74.6 Å². The lowest BCUT2D eigenvalue weighted by Gasteiger charge is -2.42. The van der Waals surface area contributed by atoms with Crippen LogP contribution >= 0.6 is 0 Å². The fourth-order valence-electron chi connectivity index (χ4n) is 5.66. The molecule has 0 spiro atoms. The normalized spacial score (nSPS) is 15.9. The Bertz CT molecular complexity index is 1940. The van der Waals surface area contributed by atoms with Crippen LogP contribution in [0.15, 0.2) is 87.5 Å². The summed E-state index contributed by atoms with van der Waals surface area (Å²) < 4.78 is 290. The molecule has 3 rings (SSSR count). The average molecular weight is 985 g/mol. The SMILES string of the molecule is CCCC(F)c1ccccc1[S+](c1ccccc1C(F)CCC)c1ccccc1C(F)CCC.O=S(=O)([O-])C(F)(F)C(F)(F)C(F)(F)C(F)(F)C(F)(F)C(F)(F)C(F)(F)C(F)(F)F. The minimum absolute atomic E-state index is 0.417. The highest BCUT2D eigenvalue weighted by Crippen LogP contribution is 2.64. The summed E-state index contributed by atoms with van der Waals surface area (Å²) in [7, 11) is -8.99. The molecule has 0 saturated carbocycles. The fourth-order valence-corrected chi connectivity index (χ4v) is 8.76. The van der Waals surface area contributed by atoms with E-state index in [-0.39, 0.29) is 0 Å². The molecule has 3 atom stereocenters. The highest BCUT2D eigenvalue weighted by Gasteiger charge is 2.95. The Balaban J connectivity index is 0.000000441. The van der Waals surface area contributed by atoms with E-state index in [1.165, 1.54) is 0 Å². The van der Waals surface area contributed by atoms with Crippen molar-refractivity contribution in [3.8, 4) is 0 Å². The summed E-state index contributed by atoms with van der Waals surface area (Å²) >= 11 is 0. The third kappa shape index (κ3) is 10.3. The Hall–Kier alpha value is -3.48. The van der Waals surface area contributed by atoms with Gasteiger partial charge in [-0.15, -0.1) is 0 Å². The van der Waals surface area contributed by atoms with Gasteiger partial charge in [0.15, 0.2) is 24.8 Å². The third-order valence-corrected chi connectivity index (χ3v) is 12.4. The van der Waals surface area contributed by atoms with Crippen LogP contribution in [-0.2, 0) is 21.0 Å². The molecule has 0 aliphatic heterocycles. The van der Waals surface area contributed by atoms with Crippen molar-refractivity contribution < 1.29 is 101 Å². The lowest BCUT2D eigenvalue weighted by Crippen LogP contribution is -2.75. The van der Waals surface area contributed by atoms with E-state index in [0.717, 1.165) is 33.9 Å². The molecule has 0 saturated heterocycles. The first-order valence-corrected chi connectivity index (χ1v) is 20.8. The van der Waals surface area contributed by atoms with Crippen molar-refractivity contribution in [3.05, 3.63) is 89.5 Å². The Morgan fingerprint density at radius 1 is 0.444 bits per heavy atom. The summed E-state index contributed by atoms with van der Waals surface area (Å²) in [4.78, 5) is 2.45. The Morgan fingerprint density at radius 2 is 0.683 bits per heavy atom. The number of rotatable bonds is 19. The zero-order valence-corrected chi connectivity index (χ0v) is 34.1. The molecule has 0 amide bonds. The molecule has 3 nitrogen and oxygen atoms in total. The van der Waals surface area contributed by atoms with Crippen LogP contribution in [0.25, 0.3) is 0 Å². The Kier molecular flexibility index (Phi) is 17.6. The van der Waals surface area contributed by atoms with Crippen LogP contribution in [0.4, 0.5) is 87.8 Å². The maximum absolute atomic E-state index is 15.4. The van der Waals surface area contributed by atoms with Crippen molar-refractivity contribution in [3.63, 3.8) is 0 Å². The predicted molar refractivity (Wildman–Crippen MR) is 188 cm³/mol. The van der Waals surface area contributed by atoms with Crippen molar-refractivity contribution in [1.29, 1.82) is 0 Å². The second-order valence-electron chi connectivity index (χ2n) is 13.6. The molecule has 0 aliphatic rings. The van der Waals surface area contributed by atoms with Crippen LogP contribution in [-0.4, -0.2) is 59.9 Å². The Morgan fingerprint density at radius 3 is 0.921 bits per heavy atom. The summed E-state index contributed by atoms with van der Waals surface area (Å²) in [6.45, 7) is 5.91. The highest BCUT2D eigenvalue weighted by molar-refractivity contribution is 7.97. The summed E-state index contributed by atoms with van der Waals surface area (Å²) in [5.74, 6) is -52.1. The molecule has 0 aromatic heterocycles. The van der Waals surface area contributed by atoms with Gasteiger partial charge in [0.25, 0.3) is 0 Å². The highest BCUT2D eigenvalue weighted by atomic mass is 32.2. The number of benzene rings is 3. The molecule has 0 radical (unpaired) electrons. The standard InChI is InChI=1S/C30H36F3S.C8HF17O3S/c1-4-13-25(31)22-16-7-10-19-28(22)34(29-20-11-8-17-23(29)26(32)14-5-2)30-21-12-9-18-24(30)27(33)15-6-3;9-1(10,3(13,14)5(17,18)7(21,22)23)2(11,12)4(15,16)6(19,20)8(24,25)29(26,27)28/h7-12,16-21,25-27H,4-6,13-15H2,1-3H3;(H,26,27,28)/q+1;/p-1. The molecule has 25 heteroatoms. The minimum atomic E-state index is -8.92. The number of alkyl halides is 20. The quantitative estimate of drug-likeness (QED) is 0.0683. The lowest BCUT2D eigenvalue weighted by atomic mass is 9.91. The largest absolute Gasteiger partial charge is 0.743 e. The summed E-state index contributed by atoms with van der Waals surface area (Å²) in [5.41, 5.74) is 1.86. The zero-order valence-electron chi connectivity index (χ0n) is 32.5. The average Bonchev–Trinajstić information content (AvgIpc) is 3.17. The van der Waals surface area contributed by atoms with Gasteiger partial charge in [0.2, 0.25) is 0 Å². The van der Waals surface area contributed by atoms with E-state index in [0.29, 0.717) is 36.0 Å². The van der Waals surface area contributed by atoms with Crippen molar-refractivity contribution >= 4 is 21.0 Å². The minimum Gasteiger partial charge on any atom is -0.743 e. The zero-order chi connectivity index (χ0) is 49.0. The summed E-state index contributed by atoms with van der Waals surface area (Å²) in [6, 6.07) is 22.6. The first-order valence-electron chi connectivity index (χ1n) is 18.1. The van der Waals surface area contributed by atoms with Gasteiger partial charge in [-0.25, -0.2) is 21.6 Å². The first kappa shape index (κ1) is 55.7. The lowest BCUT2D eigenvalue weighted by molar-refractivity contribution is -0.458. The molecule has 0 N–H and O–H groups in total. The van der Waals surface area contributed by atoms with E-state index in [2.05, 4.69) is 0 Å². The van der Waals surface area contributed by atoms with Gasteiger partial charge in [0, 0.05) is 16.7 Å². The molecular formula is C38H36F20O3S2. The second-order valence-corrected chi connectivity index (χ2v) is 17.0. The molecule has 3 aromatic rings. The number of hydrogen-bond donors (Lipinski definition) is 0. The number of halogens is 20. The topological polar surface area (TPSA) is 57.2 Å².